The maximum Gasteiger partial charge on any atom is 0.241 e. The highest BCUT2D eigenvalue weighted by Crippen LogP contribution is 2.18. The van der Waals surface area contributed by atoms with Crippen molar-refractivity contribution in [1.82, 2.24) is 15.4 Å². The Bertz CT molecular complexity index is 1240. The number of nitrogens with one attached hydrogen (secondary N) is 4. The first-order valence-corrected chi connectivity index (χ1v) is 11.5. The van der Waals surface area contributed by atoms with Gasteiger partial charge < -0.3 is 16.4 Å². The van der Waals surface area contributed by atoms with Crippen molar-refractivity contribution in [2.75, 3.05) is 13.1 Å². The number of thiophene rings is 1. The second kappa shape index (κ2) is 9.69. The molecule has 0 aliphatic heterocycles. The van der Waals surface area contributed by atoms with Crippen LogP contribution < -0.4 is 21.1 Å². The minimum atomic E-state index is -3.87. The molecule has 0 aliphatic rings. The van der Waals surface area contributed by atoms with Crippen molar-refractivity contribution in [3.63, 3.8) is 0 Å². The number of nitrogen functional groups attached to an aromatic ring is 1. The number of rotatable bonds is 9. The van der Waals surface area contributed by atoms with E-state index in [0.717, 1.165) is 15.6 Å². The Morgan fingerprint density at radius 2 is 1.65 bits per heavy atom. The Morgan fingerprint density at radius 3 is 2.35 bits per heavy atom. The van der Waals surface area contributed by atoms with E-state index < -0.39 is 28.4 Å². The van der Waals surface area contributed by atoms with Gasteiger partial charge in [0.05, 0.1) is 29.4 Å². The number of nitrogens with two attached hydrogens (primary N) is 1. The summed E-state index contributed by atoms with van der Waals surface area (Å²) in [4.78, 5) is 25.3. The van der Waals surface area contributed by atoms with Crippen LogP contribution in [0.1, 0.15) is 9.75 Å². The lowest BCUT2D eigenvalue weighted by atomic mass is 10.1. The third-order valence-electron chi connectivity index (χ3n) is 4.29. The standard InChI is InChI=1S/C20H21N5O4S2/c21-20(22)17-8-6-15(30-17)10-23-18(26)11-24-19(27)12-25-31(28,29)16-7-5-13-3-1-2-4-14(13)9-16/h1-9,25H,10-12H2,(H3,21,22)(H,23,26)(H,24,27). The first-order valence-electron chi connectivity index (χ1n) is 9.19. The van der Waals surface area contributed by atoms with Crippen LogP contribution in [-0.4, -0.2) is 39.2 Å². The molecule has 31 heavy (non-hydrogen) atoms. The van der Waals surface area contributed by atoms with Crippen LogP contribution in [-0.2, 0) is 26.2 Å². The molecule has 0 spiro atoms. The monoisotopic (exact) mass is 459 g/mol. The summed E-state index contributed by atoms with van der Waals surface area (Å²) < 4.78 is 27.1. The molecular formula is C20H21N5O4S2. The third-order valence-corrected chi connectivity index (χ3v) is 6.80. The molecule has 0 radical (unpaired) electrons. The lowest BCUT2D eigenvalue weighted by Gasteiger charge is -2.09. The minimum absolute atomic E-state index is 0.0408. The molecule has 9 nitrogen and oxygen atoms in total. The van der Waals surface area contributed by atoms with Crippen LogP contribution in [0.15, 0.2) is 59.5 Å². The number of amidine groups is 1. The van der Waals surface area contributed by atoms with Gasteiger partial charge in [0.2, 0.25) is 21.8 Å². The number of hydrogen-bond donors (Lipinski definition) is 5. The number of hydrogen-bond acceptors (Lipinski definition) is 6. The molecule has 6 N–H and O–H groups in total. The average Bonchev–Trinajstić information content (AvgIpc) is 3.24. The fraction of sp³-hybridized carbons (Fsp3) is 0.150. The van der Waals surface area contributed by atoms with E-state index in [-0.39, 0.29) is 23.8 Å². The zero-order chi connectivity index (χ0) is 22.4. The number of carbonyl (C=O) groups excluding carboxylic acids is 2. The van der Waals surface area contributed by atoms with E-state index in [1.165, 1.54) is 23.5 Å². The lowest BCUT2D eigenvalue weighted by molar-refractivity contribution is -0.125. The Kier molecular flexibility index (Phi) is 7.00. The quantitative estimate of drug-likeness (QED) is 0.238. The highest BCUT2D eigenvalue weighted by molar-refractivity contribution is 7.89. The molecule has 162 valence electrons. The maximum atomic E-state index is 12.4. The summed E-state index contributed by atoms with van der Waals surface area (Å²) >= 11 is 1.29. The first kappa shape index (κ1) is 22.4. The predicted molar refractivity (Wildman–Crippen MR) is 119 cm³/mol. The molecule has 3 aromatic rings. The molecule has 1 aromatic heterocycles. The second-order valence-electron chi connectivity index (χ2n) is 6.57. The number of fused-ring (bicyclic) bond motifs is 1. The van der Waals surface area contributed by atoms with E-state index in [9.17, 15) is 18.0 Å². The SMILES string of the molecule is N=C(N)c1ccc(CNC(=O)CNC(=O)CNS(=O)(=O)c2ccc3ccccc3c2)s1. The summed E-state index contributed by atoms with van der Waals surface area (Å²) in [7, 11) is -3.87. The van der Waals surface area contributed by atoms with Gasteiger partial charge >= 0.3 is 0 Å². The molecule has 0 unspecified atom stereocenters. The molecule has 0 fully saturated rings. The van der Waals surface area contributed by atoms with Crippen LogP contribution in [0, 0.1) is 5.41 Å². The summed E-state index contributed by atoms with van der Waals surface area (Å²) in [6, 6.07) is 15.5. The summed E-state index contributed by atoms with van der Waals surface area (Å²) in [5, 5.41) is 14.0. The number of benzene rings is 2. The topological polar surface area (TPSA) is 154 Å². The van der Waals surface area contributed by atoms with Crippen LogP contribution >= 0.6 is 11.3 Å². The molecule has 0 saturated heterocycles. The average molecular weight is 460 g/mol. The van der Waals surface area contributed by atoms with Gasteiger partial charge in [0.1, 0.15) is 5.84 Å². The number of sulfonamides is 1. The van der Waals surface area contributed by atoms with E-state index in [4.69, 9.17) is 11.1 Å². The zero-order valence-corrected chi connectivity index (χ0v) is 18.0. The molecule has 0 saturated carbocycles. The van der Waals surface area contributed by atoms with Crippen molar-refractivity contribution < 1.29 is 18.0 Å². The number of carbonyl (C=O) groups is 2. The molecule has 2 amide bonds. The molecule has 0 bridgehead atoms. The highest BCUT2D eigenvalue weighted by Gasteiger charge is 2.16. The van der Waals surface area contributed by atoms with Crippen molar-refractivity contribution in [2.45, 2.75) is 11.4 Å². The molecule has 0 atom stereocenters. The summed E-state index contributed by atoms with van der Waals surface area (Å²) in [5.74, 6) is -1.10. The van der Waals surface area contributed by atoms with Crippen molar-refractivity contribution in [2.24, 2.45) is 5.73 Å². The molecule has 11 heteroatoms. The normalized spacial score (nSPS) is 11.2. The van der Waals surface area contributed by atoms with Gasteiger partial charge in [0, 0.05) is 4.88 Å². The van der Waals surface area contributed by atoms with Crippen LogP contribution in [0.2, 0.25) is 0 Å². The lowest BCUT2D eigenvalue weighted by Crippen LogP contribution is -2.41. The van der Waals surface area contributed by atoms with Gasteiger partial charge in [-0.25, -0.2) is 13.1 Å². The second-order valence-corrected chi connectivity index (χ2v) is 9.50. The van der Waals surface area contributed by atoms with Gasteiger partial charge in [-0.3, -0.25) is 15.0 Å². The summed E-state index contributed by atoms with van der Waals surface area (Å²) in [5.41, 5.74) is 5.39. The first-order chi connectivity index (χ1) is 14.7. The van der Waals surface area contributed by atoms with E-state index in [2.05, 4.69) is 15.4 Å². The van der Waals surface area contributed by atoms with Crippen molar-refractivity contribution in [1.29, 1.82) is 5.41 Å². The minimum Gasteiger partial charge on any atom is -0.383 e. The van der Waals surface area contributed by atoms with Crippen molar-refractivity contribution in [3.05, 3.63) is 64.4 Å². The Hall–Kier alpha value is -3.28. The van der Waals surface area contributed by atoms with Gasteiger partial charge in [0.25, 0.3) is 0 Å². The number of amides is 2. The Morgan fingerprint density at radius 1 is 0.935 bits per heavy atom. The van der Waals surface area contributed by atoms with Gasteiger partial charge in [0.15, 0.2) is 0 Å². The molecule has 2 aromatic carbocycles. The fourth-order valence-electron chi connectivity index (χ4n) is 2.69. The van der Waals surface area contributed by atoms with Gasteiger partial charge in [-0.2, -0.15) is 0 Å². The predicted octanol–water partition coefficient (Wildman–Crippen LogP) is 0.896. The smallest absolute Gasteiger partial charge is 0.241 e. The molecule has 0 aliphatic carbocycles. The van der Waals surface area contributed by atoms with Gasteiger partial charge in [-0.1, -0.05) is 30.3 Å². The van der Waals surface area contributed by atoms with E-state index >= 15 is 0 Å². The largest absolute Gasteiger partial charge is 0.383 e. The highest BCUT2D eigenvalue weighted by atomic mass is 32.2. The Balaban J connectivity index is 1.45. The molecule has 1 heterocycles. The zero-order valence-electron chi connectivity index (χ0n) is 16.3. The van der Waals surface area contributed by atoms with Gasteiger partial charge in [-0.05, 0) is 35.0 Å². The van der Waals surface area contributed by atoms with Crippen LogP contribution in [0.4, 0.5) is 0 Å². The van der Waals surface area contributed by atoms with Crippen molar-refractivity contribution >= 4 is 49.8 Å². The van der Waals surface area contributed by atoms with E-state index in [1.54, 1.807) is 24.3 Å². The van der Waals surface area contributed by atoms with E-state index in [1.807, 2.05) is 18.2 Å². The fourth-order valence-corrected chi connectivity index (χ4v) is 4.51. The summed E-state index contributed by atoms with van der Waals surface area (Å²) in [6.07, 6.45) is 0. The summed E-state index contributed by atoms with van der Waals surface area (Å²) in [6.45, 7) is -0.544. The van der Waals surface area contributed by atoms with Crippen LogP contribution in [0.3, 0.4) is 0 Å². The maximum absolute atomic E-state index is 12.4. The molecule has 3 rings (SSSR count). The third kappa shape index (κ3) is 6.10. The van der Waals surface area contributed by atoms with Crippen LogP contribution in [0.5, 0.6) is 0 Å². The van der Waals surface area contributed by atoms with Crippen molar-refractivity contribution in [3.8, 4) is 0 Å². The van der Waals surface area contributed by atoms with Gasteiger partial charge in [-0.15, -0.1) is 11.3 Å². The van der Waals surface area contributed by atoms with E-state index in [0.29, 0.717) is 4.88 Å². The Labute approximate surface area is 183 Å². The van der Waals surface area contributed by atoms with Crippen LogP contribution in [0.25, 0.3) is 10.8 Å². The molecular weight excluding hydrogens is 438 g/mol.